The van der Waals surface area contributed by atoms with Gasteiger partial charge in [-0.15, -0.1) is 0 Å². The molecule has 0 bridgehead atoms. The topological polar surface area (TPSA) is 41.1 Å². The molecule has 4 heteroatoms. The molecule has 46 valence electrons. The first-order valence-corrected chi connectivity index (χ1v) is 3.11. The summed E-state index contributed by atoms with van der Waals surface area (Å²) < 4.78 is 0. The van der Waals surface area contributed by atoms with Crippen molar-refractivity contribution in [3.63, 3.8) is 0 Å². The van der Waals surface area contributed by atoms with Gasteiger partial charge in [0, 0.05) is 12.3 Å². The third-order valence-corrected chi connectivity index (χ3v) is 1.51. The minimum Gasteiger partial charge on any atom is -0.336 e. The van der Waals surface area contributed by atoms with Crippen LogP contribution < -0.4 is 10.6 Å². The summed E-state index contributed by atoms with van der Waals surface area (Å²) in [6.45, 7) is 0.711. The van der Waals surface area contributed by atoms with Gasteiger partial charge in [0.05, 0.1) is 6.04 Å². The molecule has 1 aliphatic heterocycles. The van der Waals surface area contributed by atoms with Gasteiger partial charge < -0.3 is 10.6 Å². The second-order valence-corrected chi connectivity index (χ2v) is 2.10. The summed E-state index contributed by atoms with van der Waals surface area (Å²) in [7, 11) is 0. The third-order valence-electron chi connectivity index (χ3n) is 1.06. The Morgan fingerprint density at radius 3 is 2.88 bits per heavy atom. The van der Waals surface area contributed by atoms with Crippen molar-refractivity contribution in [3.8, 4) is 0 Å². The highest BCUT2D eigenvalue weighted by molar-refractivity contribution is 7.80. The van der Waals surface area contributed by atoms with E-state index in [1.807, 2.05) is 0 Å². The molecule has 0 aromatic rings. The quantitative estimate of drug-likeness (QED) is 0.417. The van der Waals surface area contributed by atoms with Crippen LogP contribution in [0.25, 0.3) is 0 Å². The van der Waals surface area contributed by atoms with Crippen molar-refractivity contribution in [3.05, 3.63) is 0 Å². The number of amides is 2. The van der Waals surface area contributed by atoms with E-state index in [-0.39, 0.29) is 12.1 Å². The zero-order chi connectivity index (χ0) is 5.98. The van der Waals surface area contributed by atoms with E-state index < -0.39 is 0 Å². The van der Waals surface area contributed by atoms with Crippen LogP contribution in [0.1, 0.15) is 0 Å². The number of thiol groups is 1. The van der Waals surface area contributed by atoms with Crippen molar-refractivity contribution in [2.75, 3.05) is 12.3 Å². The van der Waals surface area contributed by atoms with Crippen LogP contribution in [0.4, 0.5) is 4.79 Å². The fraction of sp³-hybridized carbons (Fsp3) is 0.750. The van der Waals surface area contributed by atoms with Crippen molar-refractivity contribution < 1.29 is 4.79 Å². The Bertz CT molecular complexity index is 106. The number of nitrogens with one attached hydrogen (secondary N) is 2. The molecule has 1 saturated heterocycles. The van der Waals surface area contributed by atoms with Crippen molar-refractivity contribution in [2.45, 2.75) is 6.04 Å². The van der Waals surface area contributed by atoms with Crippen LogP contribution in [0.2, 0.25) is 0 Å². The zero-order valence-electron chi connectivity index (χ0n) is 4.35. The van der Waals surface area contributed by atoms with E-state index in [2.05, 4.69) is 23.3 Å². The molecular weight excluding hydrogens is 124 g/mol. The molecule has 0 aromatic heterocycles. The average molecular weight is 132 g/mol. The van der Waals surface area contributed by atoms with E-state index in [1.54, 1.807) is 0 Å². The molecule has 0 radical (unpaired) electrons. The number of carbonyl (C=O) groups is 1. The second kappa shape index (κ2) is 2.26. The van der Waals surface area contributed by atoms with E-state index in [4.69, 9.17) is 0 Å². The van der Waals surface area contributed by atoms with Gasteiger partial charge in [-0.25, -0.2) is 4.79 Å². The molecule has 0 aromatic carbocycles. The molecule has 1 aliphatic rings. The molecule has 1 fully saturated rings. The Labute approximate surface area is 53.2 Å². The maximum absolute atomic E-state index is 10.4. The van der Waals surface area contributed by atoms with Gasteiger partial charge in [-0.05, 0) is 0 Å². The highest BCUT2D eigenvalue weighted by Crippen LogP contribution is 1.91. The normalized spacial score (nSPS) is 27.1. The monoisotopic (exact) mass is 132 g/mol. The first-order chi connectivity index (χ1) is 3.83. The molecule has 1 heterocycles. The molecule has 1 rings (SSSR count). The number of rotatable bonds is 1. The molecule has 0 saturated carbocycles. The summed E-state index contributed by atoms with van der Waals surface area (Å²) in [4.78, 5) is 10.4. The second-order valence-electron chi connectivity index (χ2n) is 1.73. The minimum atomic E-state index is -0.0796. The van der Waals surface area contributed by atoms with Gasteiger partial charge in [0.1, 0.15) is 0 Å². The van der Waals surface area contributed by atoms with Gasteiger partial charge in [0.25, 0.3) is 0 Å². The lowest BCUT2D eigenvalue weighted by Crippen LogP contribution is -2.27. The Hall–Kier alpha value is -0.380. The van der Waals surface area contributed by atoms with Gasteiger partial charge in [-0.1, -0.05) is 0 Å². The smallest absolute Gasteiger partial charge is 0.315 e. The summed E-state index contributed by atoms with van der Waals surface area (Å²) in [6.07, 6.45) is 0. The van der Waals surface area contributed by atoms with Gasteiger partial charge in [-0.3, -0.25) is 0 Å². The first kappa shape index (κ1) is 5.75. The lowest BCUT2D eigenvalue weighted by molar-refractivity contribution is 0.247. The summed E-state index contributed by atoms with van der Waals surface area (Å²) in [5, 5.41) is 5.30. The van der Waals surface area contributed by atoms with E-state index in [9.17, 15) is 4.79 Å². The average Bonchev–Trinajstić information content (AvgIpc) is 2.14. The maximum Gasteiger partial charge on any atom is 0.315 e. The fourth-order valence-corrected chi connectivity index (χ4v) is 0.834. The standard InChI is InChI=1S/C4H8N2OS/c7-4-5-1-3(2-8)6-4/h3,8H,1-2H2,(H2,5,6,7)/t3-/m1/s1. The lowest BCUT2D eigenvalue weighted by atomic mass is 10.4. The Kier molecular flexibility index (Phi) is 1.62. The number of hydrogen-bond acceptors (Lipinski definition) is 2. The molecular formula is C4H8N2OS. The van der Waals surface area contributed by atoms with E-state index >= 15 is 0 Å². The van der Waals surface area contributed by atoms with Crippen LogP contribution in [-0.4, -0.2) is 24.4 Å². The molecule has 1 atom stereocenters. The van der Waals surface area contributed by atoms with Crippen molar-refractivity contribution in [2.24, 2.45) is 0 Å². The van der Waals surface area contributed by atoms with Gasteiger partial charge >= 0.3 is 6.03 Å². The number of urea groups is 1. The van der Waals surface area contributed by atoms with E-state index in [0.29, 0.717) is 12.3 Å². The minimum absolute atomic E-state index is 0.0796. The predicted octanol–water partition coefficient (Wildman–Crippen LogP) is -0.402. The lowest BCUT2D eigenvalue weighted by Gasteiger charge is -1.99. The summed E-state index contributed by atoms with van der Waals surface area (Å²) in [5.41, 5.74) is 0. The van der Waals surface area contributed by atoms with Gasteiger partial charge in [0.2, 0.25) is 0 Å². The molecule has 2 amide bonds. The third kappa shape index (κ3) is 1.06. The van der Waals surface area contributed by atoms with E-state index in [1.165, 1.54) is 0 Å². The van der Waals surface area contributed by atoms with Crippen molar-refractivity contribution in [1.82, 2.24) is 10.6 Å². The Morgan fingerprint density at radius 1 is 1.88 bits per heavy atom. The summed E-state index contributed by atoms with van der Waals surface area (Å²) in [6, 6.07) is 0.148. The van der Waals surface area contributed by atoms with Crippen LogP contribution in [0.15, 0.2) is 0 Å². The molecule has 3 nitrogen and oxygen atoms in total. The summed E-state index contributed by atoms with van der Waals surface area (Å²) in [5.74, 6) is 0.707. The largest absolute Gasteiger partial charge is 0.336 e. The van der Waals surface area contributed by atoms with Crippen LogP contribution in [0.5, 0.6) is 0 Å². The molecule has 0 spiro atoms. The first-order valence-electron chi connectivity index (χ1n) is 2.48. The van der Waals surface area contributed by atoms with Crippen LogP contribution in [-0.2, 0) is 0 Å². The van der Waals surface area contributed by atoms with E-state index in [0.717, 1.165) is 0 Å². The molecule has 8 heavy (non-hydrogen) atoms. The predicted molar refractivity (Wildman–Crippen MR) is 34.2 cm³/mol. The van der Waals surface area contributed by atoms with Gasteiger partial charge in [-0.2, -0.15) is 12.6 Å². The maximum atomic E-state index is 10.4. The SMILES string of the molecule is O=C1NC[C@H](CS)N1. The summed E-state index contributed by atoms with van der Waals surface area (Å²) >= 11 is 4.00. The highest BCUT2D eigenvalue weighted by atomic mass is 32.1. The van der Waals surface area contributed by atoms with Crippen molar-refractivity contribution in [1.29, 1.82) is 0 Å². The van der Waals surface area contributed by atoms with Gasteiger partial charge in [0.15, 0.2) is 0 Å². The zero-order valence-corrected chi connectivity index (χ0v) is 5.24. The van der Waals surface area contributed by atoms with Crippen LogP contribution in [0.3, 0.4) is 0 Å². The van der Waals surface area contributed by atoms with Crippen LogP contribution >= 0.6 is 12.6 Å². The molecule has 0 unspecified atom stereocenters. The van der Waals surface area contributed by atoms with Crippen molar-refractivity contribution >= 4 is 18.7 Å². The number of hydrogen-bond donors (Lipinski definition) is 3. The Balaban J connectivity index is 2.32. The van der Waals surface area contributed by atoms with Crippen LogP contribution in [0, 0.1) is 0 Å². The highest BCUT2D eigenvalue weighted by Gasteiger charge is 2.16. The number of carbonyl (C=O) groups excluding carboxylic acids is 1. The molecule has 2 N–H and O–H groups in total. The fourth-order valence-electron chi connectivity index (χ4n) is 0.614. The Morgan fingerprint density at radius 2 is 2.62 bits per heavy atom. The molecule has 0 aliphatic carbocycles.